The molecule has 1 aromatic rings. The van der Waals surface area contributed by atoms with Crippen LogP contribution in [0.4, 0.5) is 0 Å². The molecule has 0 bridgehead atoms. The summed E-state index contributed by atoms with van der Waals surface area (Å²) in [5.74, 6) is 0.802. The third kappa shape index (κ3) is 4.23. The van der Waals surface area contributed by atoms with Gasteiger partial charge in [-0.25, -0.2) is 0 Å². The van der Waals surface area contributed by atoms with Crippen LogP contribution in [0.3, 0.4) is 0 Å². The standard InChI is InChI=1S/C16H26N2O2/c1-5-16(17,6-2)15(19)18(4)11-12-20-14-9-7-13(3)8-10-14/h7-10H,5-6,11-12,17H2,1-4H3. The zero-order valence-electron chi connectivity index (χ0n) is 13.0. The first kappa shape index (κ1) is 16.5. The van der Waals surface area contributed by atoms with Crippen LogP contribution in [-0.2, 0) is 4.79 Å². The topological polar surface area (TPSA) is 55.6 Å². The third-order valence-electron chi connectivity index (χ3n) is 3.75. The van der Waals surface area contributed by atoms with Crippen LogP contribution in [0.1, 0.15) is 32.3 Å². The second-order valence-electron chi connectivity index (χ2n) is 5.25. The average Bonchev–Trinajstić information content (AvgIpc) is 2.47. The molecular weight excluding hydrogens is 252 g/mol. The number of carbonyl (C=O) groups excluding carboxylic acids is 1. The summed E-state index contributed by atoms with van der Waals surface area (Å²) in [7, 11) is 1.77. The normalized spacial score (nSPS) is 11.2. The third-order valence-corrected chi connectivity index (χ3v) is 3.75. The number of nitrogens with zero attached hydrogens (tertiary/aromatic N) is 1. The van der Waals surface area contributed by atoms with Crippen molar-refractivity contribution in [3.05, 3.63) is 29.8 Å². The van der Waals surface area contributed by atoms with E-state index in [2.05, 4.69) is 0 Å². The SMILES string of the molecule is CCC(N)(CC)C(=O)N(C)CCOc1ccc(C)cc1. The maximum absolute atomic E-state index is 12.3. The Morgan fingerprint density at radius 2 is 1.80 bits per heavy atom. The van der Waals surface area contributed by atoms with Gasteiger partial charge in [-0.1, -0.05) is 31.5 Å². The molecule has 0 heterocycles. The van der Waals surface area contributed by atoms with Crippen LogP contribution < -0.4 is 10.5 Å². The zero-order valence-corrected chi connectivity index (χ0v) is 13.0. The van der Waals surface area contributed by atoms with Gasteiger partial charge < -0.3 is 15.4 Å². The van der Waals surface area contributed by atoms with E-state index in [9.17, 15) is 4.79 Å². The monoisotopic (exact) mass is 278 g/mol. The Morgan fingerprint density at radius 1 is 1.25 bits per heavy atom. The van der Waals surface area contributed by atoms with E-state index >= 15 is 0 Å². The summed E-state index contributed by atoms with van der Waals surface area (Å²) < 4.78 is 5.63. The van der Waals surface area contributed by atoms with Crippen LogP contribution >= 0.6 is 0 Å². The predicted molar refractivity (Wildman–Crippen MR) is 81.8 cm³/mol. The molecule has 0 atom stereocenters. The fraction of sp³-hybridized carbons (Fsp3) is 0.562. The highest BCUT2D eigenvalue weighted by atomic mass is 16.5. The molecular formula is C16H26N2O2. The molecule has 0 aliphatic carbocycles. The Bertz CT molecular complexity index is 425. The highest BCUT2D eigenvalue weighted by molar-refractivity contribution is 5.85. The first-order chi connectivity index (χ1) is 9.42. The number of hydrogen-bond donors (Lipinski definition) is 1. The summed E-state index contributed by atoms with van der Waals surface area (Å²) >= 11 is 0. The van der Waals surface area contributed by atoms with Crippen molar-refractivity contribution in [3.63, 3.8) is 0 Å². The molecule has 0 aromatic heterocycles. The number of hydrogen-bond acceptors (Lipinski definition) is 3. The van der Waals surface area contributed by atoms with Gasteiger partial charge in [0, 0.05) is 7.05 Å². The van der Waals surface area contributed by atoms with Crippen molar-refractivity contribution in [2.75, 3.05) is 20.2 Å². The number of likely N-dealkylation sites (N-methyl/N-ethyl adjacent to an activating group) is 1. The van der Waals surface area contributed by atoms with E-state index < -0.39 is 5.54 Å². The fourth-order valence-corrected chi connectivity index (χ4v) is 1.97. The minimum atomic E-state index is -0.751. The smallest absolute Gasteiger partial charge is 0.242 e. The lowest BCUT2D eigenvalue weighted by molar-refractivity contribution is -0.136. The van der Waals surface area contributed by atoms with E-state index in [0.29, 0.717) is 26.0 Å². The molecule has 0 spiro atoms. The van der Waals surface area contributed by atoms with Gasteiger partial charge in [-0.2, -0.15) is 0 Å². The summed E-state index contributed by atoms with van der Waals surface area (Å²) in [6, 6.07) is 7.87. The van der Waals surface area contributed by atoms with Crippen LogP contribution in [0.25, 0.3) is 0 Å². The van der Waals surface area contributed by atoms with Gasteiger partial charge in [-0.05, 0) is 31.9 Å². The van der Waals surface area contributed by atoms with E-state index in [1.165, 1.54) is 5.56 Å². The zero-order chi connectivity index (χ0) is 15.2. The number of rotatable bonds is 7. The Labute approximate surface area is 121 Å². The second kappa shape index (κ2) is 7.29. The summed E-state index contributed by atoms with van der Waals surface area (Å²) in [6.07, 6.45) is 1.29. The van der Waals surface area contributed by atoms with E-state index in [1.807, 2.05) is 45.0 Å². The first-order valence-corrected chi connectivity index (χ1v) is 7.17. The van der Waals surface area contributed by atoms with Gasteiger partial charge in [0.15, 0.2) is 0 Å². The lowest BCUT2D eigenvalue weighted by Gasteiger charge is -2.30. The van der Waals surface area contributed by atoms with Crippen LogP contribution in [0.2, 0.25) is 0 Å². The predicted octanol–water partition coefficient (Wildman–Crippen LogP) is 2.35. The molecule has 1 aromatic carbocycles. The lowest BCUT2D eigenvalue weighted by Crippen LogP contribution is -2.54. The first-order valence-electron chi connectivity index (χ1n) is 7.17. The summed E-state index contributed by atoms with van der Waals surface area (Å²) in [5.41, 5.74) is 6.55. The minimum absolute atomic E-state index is 0.0185. The van der Waals surface area contributed by atoms with E-state index in [0.717, 1.165) is 5.75 Å². The molecule has 0 saturated heterocycles. The molecule has 0 unspecified atom stereocenters. The average molecular weight is 278 g/mol. The minimum Gasteiger partial charge on any atom is -0.492 e. The molecule has 4 heteroatoms. The van der Waals surface area contributed by atoms with Gasteiger partial charge in [0.1, 0.15) is 12.4 Å². The molecule has 0 fully saturated rings. The number of carbonyl (C=O) groups is 1. The van der Waals surface area contributed by atoms with Crippen LogP contribution in [0, 0.1) is 6.92 Å². The van der Waals surface area contributed by atoms with Crippen molar-refractivity contribution in [1.82, 2.24) is 4.90 Å². The Hall–Kier alpha value is -1.55. The molecule has 0 radical (unpaired) electrons. The molecule has 4 nitrogen and oxygen atoms in total. The van der Waals surface area contributed by atoms with Gasteiger partial charge in [0.2, 0.25) is 5.91 Å². The van der Waals surface area contributed by atoms with E-state index in [-0.39, 0.29) is 5.91 Å². The van der Waals surface area contributed by atoms with Gasteiger partial charge >= 0.3 is 0 Å². The van der Waals surface area contributed by atoms with E-state index in [4.69, 9.17) is 10.5 Å². The quantitative estimate of drug-likeness (QED) is 0.833. The van der Waals surface area contributed by atoms with Crippen molar-refractivity contribution in [2.24, 2.45) is 5.73 Å². The van der Waals surface area contributed by atoms with Crippen LogP contribution in [0.15, 0.2) is 24.3 Å². The summed E-state index contributed by atoms with van der Waals surface area (Å²) in [4.78, 5) is 13.9. The molecule has 2 N–H and O–H groups in total. The number of benzene rings is 1. The highest BCUT2D eigenvalue weighted by Gasteiger charge is 2.32. The second-order valence-corrected chi connectivity index (χ2v) is 5.25. The number of amides is 1. The van der Waals surface area contributed by atoms with Gasteiger partial charge in [-0.15, -0.1) is 0 Å². The molecule has 20 heavy (non-hydrogen) atoms. The number of aryl methyl sites for hydroxylation is 1. The highest BCUT2D eigenvalue weighted by Crippen LogP contribution is 2.15. The van der Waals surface area contributed by atoms with E-state index in [1.54, 1.807) is 11.9 Å². The fourth-order valence-electron chi connectivity index (χ4n) is 1.97. The Kier molecular flexibility index (Phi) is 6.02. The van der Waals surface area contributed by atoms with Gasteiger partial charge in [0.05, 0.1) is 12.1 Å². The largest absolute Gasteiger partial charge is 0.492 e. The molecule has 0 saturated carbocycles. The summed E-state index contributed by atoms with van der Waals surface area (Å²) in [6.45, 7) is 6.92. The van der Waals surface area contributed by atoms with Crippen molar-refractivity contribution in [3.8, 4) is 5.75 Å². The van der Waals surface area contributed by atoms with Gasteiger partial charge in [-0.3, -0.25) is 4.79 Å². The number of ether oxygens (including phenoxy) is 1. The van der Waals surface area contributed by atoms with Crippen LogP contribution in [-0.4, -0.2) is 36.5 Å². The van der Waals surface area contributed by atoms with Crippen molar-refractivity contribution < 1.29 is 9.53 Å². The van der Waals surface area contributed by atoms with Crippen LogP contribution in [0.5, 0.6) is 5.75 Å². The molecule has 112 valence electrons. The molecule has 1 amide bonds. The number of nitrogens with two attached hydrogens (primary N) is 1. The van der Waals surface area contributed by atoms with Gasteiger partial charge in [0.25, 0.3) is 0 Å². The lowest BCUT2D eigenvalue weighted by atomic mass is 9.92. The molecule has 0 aliphatic rings. The molecule has 0 aliphatic heterocycles. The maximum Gasteiger partial charge on any atom is 0.242 e. The Morgan fingerprint density at radius 3 is 2.30 bits per heavy atom. The molecule has 1 rings (SSSR count). The Balaban J connectivity index is 2.45. The maximum atomic E-state index is 12.3. The van der Waals surface area contributed by atoms with Crippen molar-refractivity contribution in [1.29, 1.82) is 0 Å². The summed E-state index contributed by atoms with van der Waals surface area (Å²) in [5, 5.41) is 0. The van der Waals surface area contributed by atoms with Crippen molar-refractivity contribution in [2.45, 2.75) is 39.2 Å². The van der Waals surface area contributed by atoms with Crippen molar-refractivity contribution >= 4 is 5.91 Å².